The molecule has 2 aromatic heterocycles. The van der Waals surface area contributed by atoms with E-state index >= 15 is 0 Å². The van der Waals surface area contributed by atoms with Crippen LogP contribution in [0.25, 0.3) is 11.4 Å². The summed E-state index contributed by atoms with van der Waals surface area (Å²) < 4.78 is 19.2. The number of benzene rings is 1. The first kappa shape index (κ1) is 18.8. The van der Waals surface area contributed by atoms with E-state index < -0.39 is 0 Å². The summed E-state index contributed by atoms with van der Waals surface area (Å²) in [6.07, 6.45) is 0. The lowest BCUT2D eigenvalue weighted by atomic mass is 10.1. The van der Waals surface area contributed by atoms with E-state index in [0.29, 0.717) is 35.9 Å². The van der Waals surface area contributed by atoms with Gasteiger partial charge in [-0.25, -0.2) is 4.39 Å². The lowest BCUT2D eigenvalue weighted by molar-refractivity contribution is 0.0556. The third-order valence-corrected chi connectivity index (χ3v) is 5.97. The van der Waals surface area contributed by atoms with Crippen molar-refractivity contribution in [3.8, 4) is 11.4 Å². The van der Waals surface area contributed by atoms with Crippen molar-refractivity contribution in [3.63, 3.8) is 0 Å². The van der Waals surface area contributed by atoms with Crippen LogP contribution in [0.3, 0.4) is 0 Å². The van der Waals surface area contributed by atoms with E-state index in [9.17, 15) is 9.18 Å². The number of hydrogen-bond acceptors (Lipinski definition) is 6. The van der Waals surface area contributed by atoms with Crippen LogP contribution >= 0.6 is 11.3 Å². The van der Waals surface area contributed by atoms with Gasteiger partial charge in [-0.2, -0.15) is 4.98 Å². The predicted octanol–water partition coefficient (Wildman–Crippen LogP) is 3.76. The number of thiophene rings is 1. The topological polar surface area (TPSA) is 62.5 Å². The molecule has 1 saturated heterocycles. The first-order chi connectivity index (χ1) is 13.5. The zero-order valence-corrected chi connectivity index (χ0v) is 16.6. The van der Waals surface area contributed by atoms with E-state index in [1.807, 2.05) is 29.3 Å². The SMILES string of the molecule is Cc1ccc(-c2noc(C(C)N3CCN(C(=O)c4cccs4)CC3)n2)cc1F. The van der Waals surface area contributed by atoms with E-state index in [-0.39, 0.29) is 17.8 Å². The minimum atomic E-state index is -0.288. The van der Waals surface area contributed by atoms with Crippen molar-refractivity contribution in [2.45, 2.75) is 19.9 Å². The quantitative estimate of drug-likeness (QED) is 0.667. The molecule has 0 aliphatic carbocycles. The molecule has 1 aromatic carbocycles. The van der Waals surface area contributed by atoms with Crippen LogP contribution in [0.1, 0.15) is 34.1 Å². The van der Waals surface area contributed by atoms with Crippen molar-refractivity contribution in [3.05, 3.63) is 57.9 Å². The van der Waals surface area contributed by atoms with Crippen LogP contribution in [-0.2, 0) is 0 Å². The van der Waals surface area contributed by atoms with E-state index in [1.54, 1.807) is 19.1 Å². The number of piperazine rings is 1. The van der Waals surface area contributed by atoms with Gasteiger partial charge in [0, 0.05) is 31.7 Å². The van der Waals surface area contributed by atoms with Gasteiger partial charge in [-0.05, 0) is 36.9 Å². The number of amides is 1. The maximum Gasteiger partial charge on any atom is 0.264 e. The second-order valence-corrected chi connectivity index (χ2v) is 7.85. The fourth-order valence-corrected chi connectivity index (χ4v) is 3.97. The molecule has 4 rings (SSSR count). The summed E-state index contributed by atoms with van der Waals surface area (Å²) in [5, 5.41) is 5.92. The Labute approximate surface area is 166 Å². The van der Waals surface area contributed by atoms with Gasteiger partial charge < -0.3 is 9.42 Å². The highest BCUT2D eigenvalue weighted by molar-refractivity contribution is 7.12. The number of aromatic nitrogens is 2. The van der Waals surface area contributed by atoms with E-state index in [2.05, 4.69) is 15.0 Å². The molecule has 8 heteroatoms. The highest BCUT2D eigenvalue weighted by atomic mass is 32.1. The van der Waals surface area contributed by atoms with Crippen molar-refractivity contribution >= 4 is 17.2 Å². The molecule has 0 N–H and O–H groups in total. The number of halogens is 1. The second-order valence-electron chi connectivity index (χ2n) is 6.90. The number of hydrogen-bond donors (Lipinski definition) is 0. The summed E-state index contributed by atoms with van der Waals surface area (Å²) in [5.41, 5.74) is 1.17. The average molecular weight is 400 g/mol. The number of rotatable bonds is 4. The molecule has 1 aliphatic heterocycles. The van der Waals surface area contributed by atoms with Gasteiger partial charge in [0.2, 0.25) is 11.7 Å². The lowest BCUT2D eigenvalue weighted by Crippen LogP contribution is -2.49. The van der Waals surface area contributed by atoms with Crippen LogP contribution in [-0.4, -0.2) is 52.0 Å². The summed E-state index contributed by atoms with van der Waals surface area (Å²) in [4.78, 5) is 21.8. The first-order valence-electron chi connectivity index (χ1n) is 9.20. The summed E-state index contributed by atoms with van der Waals surface area (Å²) >= 11 is 1.47. The molecular weight excluding hydrogens is 379 g/mol. The fraction of sp³-hybridized carbons (Fsp3) is 0.350. The molecule has 0 spiro atoms. The molecule has 6 nitrogen and oxygen atoms in total. The number of nitrogens with zero attached hydrogens (tertiary/aromatic N) is 4. The number of carbonyl (C=O) groups is 1. The second kappa shape index (κ2) is 7.81. The van der Waals surface area contributed by atoms with Gasteiger partial charge in [-0.3, -0.25) is 9.69 Å². The van der Waals surface area contributed by atoms with Crippen LogP contribution in [0.4, 0.5) is 4.39 Å². The molecule has 1 unspecified atom stereocenters. The van der Waals surface area contributed by atoms with Crippen LogP contribution in [0.5, 0.6) is 0 Å². The van der Waals surface area contributed by atoms with Gasteiger partial charge in [-0.1, -0.05) is 23.4 Å². The normalized spacial score (nSPS) is 16.3. The van der Waals surface area contributed by atoms with Crippen molar-refractivity contribution in [2.75, 3.05) is 26.2 Å². The minimum Gasteiger partial charge on any atom is -0.337 e. The smallest absolute Gasteiger partial charge is 0.264 e. The molecule has 146 valence electrons. The van der Waals surface area contributed by atoms with Crippen molar-refractivity contribution in [1.29, 1.82) is 0 Å². The van der Waals surface area contributed by atoms with Crippen LogP contribution < -0.4 is 0 Å². The molecule has 3 aromatic rings. The molecule has 1 aliphatic rings. The zero-order valence-electron chi connectivity index (χ0n) is 15.8. The summed E-state index contributed by atoms with van der Waals surface area (Å²) in [7, 11) is 0. The zero-order chi connectivity index (χ0) is 19.7. The van der Waals surface area contributed by atoms with Crippen LogP contribution in [0, 0.1) is 12.7 Å². The van der Waals surface area contributed by atoms with Gasteiger partial charge in [-0.15, -0.1) is 11.3 Å². The van der Waals surface area contributed by atoms with Gasteiger partial charge in [0.1, 0.15) is 5.82 Å². The fourth-order valence-electron chi connectivity index (χ4n) is 3.28. The van der Waals surface area contributed by atoms with Gasteiger partial charge in [0.25, 0.3) is 5.91 Å². The van der Waals surface area contributed by atoms with E-state index in [1.165, 1.54) is 17.4 Å². The van der Waals surface area contributed by atoms with Crippen molar-refractivity contribution < 1.29 is 13.7 Å². The standard InChI is InChI=1S/C20H21FN4O2S/c1-13-5-6-15(12-16(13)21)18-22-19(27-23-18)14(2)24-7-9-25(10-8-24)20(26)17-4-3-11-28-17/h3-6,11-12,14H,7-10H2,1-2H3. The maximum absolute atomic E-state index is 13.8. The van der Waals surface area contributed by atoms with Gasteiger partial charge >= 0.3 is 0 Å². The first-order valence-corrected chi connectivity index (χ1v) is 10.1. The monoisotopic (exact) mass is 400 g/mol. The predicted molar refractivity (Wildman–Crippen MR) is 105 cm³/mol. The Kier molecular flexibility index (Phi) is 5.23. The van der Waals surface area contributed by atoms with E-state index in [0.717, 1.165) is 18.0 Å². The van der Waals surface area contributed by atoms with Gasteiger partial charge in [0.05, 0.1) is 10.9 Å². The van der Waals surface area contributed by atoms with Crippen LogP contribution in [0.2, 0.25) is 0 Å². The van der Waals surface area contributed by atoms with Crippen molar-refractivity contribution in [1.82, 2.24) is 19.9 Å². The Morgan fingerprint density at radius 1 is 1.25 bits per heavy atom. The Hall–Kier alpha value is -2.58. The van der Waals surface area contributed by atoms with Crippen molar-refractivity contribution in [2.24, 2.45) is 0 Å². The molecule has 1 amide bonds. The largest absolute Gasteiger partial charge is 0.337 e. The molecule has 0 radical (unpaired) electrons. The summed E-state index contributed by atoms with van der Waals surface area (Å²) in [5.74, 6) is 0.675. The highest BCUT2D eigenvalue weighted by Gasteiger charge is 2.28. The number of aryl methyl sites for hydroxylation is 1. The summed E-state index contributed by atoms with van der Waals surface area (Å²) in [6, 6.07) is 8.58. The van der Waals surface area contributed by atoms with Gasteiger partial charge in [0.15, 0.2) is 0 Å². The lowest BCUT2D eigenvalue weighted by Gasteiger charge is -2.36. The highest BCUT2D eigenvalue weighted by Crippen LogP contribution is 2.25. The van der Waals surface area contributed by atoms with Crippen LogP contribution in [0.15, 0.2) is 40.2 Å². The minimum absolute atomic E-state index is 0.0736. The molecule has 3 heterocycles. The Morgan fingerprint density at radius 2 is 2.04 bits per heavy atom. The molecule has 0 saturated carbocycles. The Balaban J connectivity index is 1.40. The Bertz CT molecular complexity index is 965. The third-order valence-electron chi connectivity index (χ3n) is 5.11. The van der Waals surface area contributed by atoms with E-state index in [4.69, 9.17) is 4.52 Å². The molecule has 28 heavy (non-hydrogen) atoms. The average Bonchev–Trinajstić information content (AvgIpc) is 3.41. The Morgan fingerprint density at radius 3 is 2.71 bits per heavy atom. The number of carbonyl (C=O) groups excluding carboxylic acids is 1. The molecule has 1 fully saturated rings. The maximum atomic E-state index is 13.8. The molecule has 1 atom stereocenters. The summed E-state index contributed by atoms with van der Waals surface area (Å²) in [6.45, 7) is 6.50. The molecule has 0 bridgehead atoms. The third kappa shape index (κ3) is 3.70. The molecular formula is C20H21FN4O2S.